The van der Waals surface area contributed by atoms with Crippen LogP contribution in [0, 0.1) is 12.8 Å². The molecule has 0 unspecified atom stereocenters. The number of benzene rings is 2. The Balaban J connectivity index is 1.71. The molecule has 2 aromatic carbocycles. The van der Waals surface area contributed by atoms with E-state index >= 15 is 0 Å². The highest BCUT2D eigenvalue weighted by atomic mass is 32.2. The van der Waals surface area contributed by atoms with Gasteiger partial charge in [-0.05, 0) is 43.7 Å². The first-order valence-corrected chi connectivity index (χ1v) is 11.4. The lowest BCUT2D eigenvalue weighted by atomic mass is 10.0. The molecule has 0 spiro atoms. The average molecular weight is 415 g/mol. The molecule has 2 aromatic rings. The molecule has 29 heavy (non-hydrogen) atoms. The standard InChI is InChI=1S/C22H26N2O4S/c1-15-5-9-19(10-6-15)24-14-18(13-21(24)25)22(26)23(3)16(2)17-7-11-20(12-8-17)29(4,27)28/h5-12,16,18H,13-14H2,1-4H3/t16-,18-/m1/s1. The predicted molar refractivity (Wildman–Crippen MR) is 112 cm³/mol. The third kappa shape index (κ3) is 4.50. The fraction of sp³-hybridized carbons (Fsp3) is 0.364. The topological polar surface area (TPSA) is 74.8 Å². The van der Waals surface area contributed by atoms with Crippen LogP contribution in [0.15, 0.2) is 53.4 Å². The van der Waals surface area contributed by atoms with Crippen molar-refractivity contribution >= 4 is 27.3 Å². The lowest BCUT2D eigenvalue weighted by molar-refractivity contribution is -0.136. The van der Waals surface area contributed by atoms with Gasteiger partial charge in [-0.25, -0.2) is 8.42 Å². The van der Waals surface area contributed by atoms with E-state index < -0.39 is 15.8 Å². The molecule has 2 atom stereocenters. The lowest BCUT2D eigenvalue weighted by Crippen LogP contribution is -2.36. The lowest BCUT2D eigenvalue weighted by Gasteiger charge is -2.28. The van der Waals surface area contributed by atoms with Gasteiger partial charge in [0.25, 0.3) is 0 Å². The smallest absolute Gasteiger partial charge is 0.228 e. The predicted octanol–water partition coefficient (Wildman–Crippen LogP) is 2.97. The summed E-state index contributed by atoms with van der Waals surface area (Å²) in [6.45, 7) is 4.24. The third-order valence-electron chi connectivity index (χ3n) is 5.54. The number of aryl methyl sites for hydroxylation is 1. The Morgan fingerprint density at radius 3 is 2.24 bits per heavy atom. The van der Waals surface area contributed by atoms with Gasteiger partial charge in [-0.15, -0.1) is 0 Å². The molecule has 0 saturated carbocycles. The van der Waals surface area contributed by atoms with E-state index in [0.717, 1.165) is 23.1 Å². The Labute approximate surface area is 172 Å². The summed E-state index contributed by atoms with van der Waals surface area (Å²) in [5.74, 6) is -0.537. The molecule has 0 radical (unpaired) electrons. The Bertz CT molecular complexity index is 1010. The normalized spacial score (nSPS) is 18.0. The first kappa shape index (κ1) is 21.0. The van der Waals surface area contributed by atoms with Gasteiger partial charge in [0.1, 0.15) is 0 Å². The van der Waals surface area contributed by atoms with Gasteiger partial charge in [0, 0.05) is 32.0 Å². The minimum atomic E-state index is -3.26. The van der Waals surface area contributed by atoms with Crippen LogP contribution in [0.4, 0.5) is 5.69 Å². The largest absolute Gasteiger partial charge is 0.339 e. The van der Waals surface area contributed by atoms with Crippen LogP contribution in [0.5, 0.6) is 0 Å². The van der Waals surface area contributed by atoms with Gasteiger partial charge in [0.15, 0.2) is 9.84 Å². The zero-order valence-electron chi connectivity index (χ0n) is 17.1. The summed E-state index contributed by atoms with van der Waals surface area (Å²) in [5.41, 5.74) is 2.76. The molecule has 7 heteroatoms. The maximum atomic E-state index is 13.0. The number of hydrogen-bond acceptors (Lipinski definition) is 4. The molecular weight excluding hydrogens is 388 g/mol. The van der Waals surface area contributed by atoms with E-state index in [0.29, 0.717) is 6.54 Å². The molecule has 0 bridgehead atoms. The first-order valence-electron chi connectivity index (χ1n) is 9.51. The third-order valence-corrected chi connectivity index (χ3v) is 6.67. The van der Waals surface area contributed by atoms with Gasteiger partial charge in [0.2, 0.25) is 11.8 Å². The van der Waals surface area contributed by atoms with Gasteiger partial charge >= 0.3 is 0 Å². The summed E-state index contributed by atoms with van der Waals surface area (Å²) in [6, 6.07) is 14.0. The SMILES string of the molecule is Cc1ccc(N2C[C@H](C(=O)N(C)[C@H](C)c3ccc(S(C)(=O)=O)cc3)CC2=O)cc1. The molecule has 1 fully saturated rings. The van der Waals surface area contributed by atoms with Crippen molar-refractivity contribution in [2.24, 2.45) is 5.92 Å². The molecule has 1 aliphatic rings. The summed E-state index contributed by atoms with van der Waals surface area (Å²) in [5, 5.41) is 0. The van der Waals surface area contributed by atoms with E-state index in [1.807, 2.05) is 38.1 Å². The Morgan fingerprint density at radius 1 is 1.10 bits per heavy atom. The first-order chi connectivity index (χ1) is 13.6. The van der Waals surface area contributed by atoms with Crippen molar-refractivity contribution in [1.82, 2.24) is 4.90 Å². The number of nitrogens with zero attached hydrogens (tertiary/aromatic N) is 2. The van der Waals surface area contributed by atoms with Gasteiger partial charge < -0.3 is 9.80 Å². The molecule has 2 amide bonds. The van der Waals surface area contributed by atoms with E-state index in [4.69, 9.17) is 0 Å². The van der Waals surface area contributed by atoms with E-state index in [1.54, 1.807) is 41.1 Å². The van der Waals surface area contributed by atoms with Crippen molar-refractivity contribution < 1.29 is 18.0 Å². The van der Waals surface area contributed by atoms with Crippen LogP contribution in [0.3, 0.4) is 0 Å². The number of carbonyl (C=O) groups excluding carboxylic acids is 2. The average Bonchev–Trinajstić information content (AvgIpc) is 3.08. The quantitative estimate of drug-likeness (QED) is 0.754. The monoisotopic (exact) mass is 414 g/mol. The molecule has 0 N–H and O–H groups in total. The minimum Gasteiger partial charge on any atom is -0.339 e. The highest BCUT2D eigenvalue weighted by molar-refractivity contribution is 7.90. The second kappa shape index (κ2) is 7.99. The van der Waals surface area contributed by atoms with Crippen LogP contribution in [-0.2, 0) is 19.4 Å². The minimum absolute atomic E-state index is 0.0502. The van der Waals surface area contributed by atoms with Crippen LogP contribution in [0.1, 0.15) is 30.5 Å². The maximum absolute atomic E-state index is 13.0. The Hall–Kier alpha value is -2.67. The van der Waals surface area contributed by atoms with Crippen LogP contribution in [-0.4, -0.2) is 45.0 Å². The van der Waals surface area contributed by atoms with Crippen molar-refractivity contribution in [2.75, 3.05) is 24.7 Å². The summed E-state index contributed by atoms with van der Waals surface area (Å²) in [7, 11) is -1.54. The molecule has 154 valence electrons. The molecule has 1 saturated heterocycles. The number of rotatable bonds is 5. The van der Waals surface area contributed by atoms with Crippen LogP contribution < -0.4 is 4.90 Å². The van der Waals surface area contributed by atoms with Crippen molar-refractivity contribution in [3.63, 3.8) is 0 Å². The zero-order valence-corrected chi connectivity index (χ0v) is 17.9. The molecular formula is C22H26N2O4S. The van der Waals surface area contributed by atoms with Crippen LogP contribution in [0.25, 0.3) is 0 Å². The highest BCUT2D eigenvalue weighted by Gasteiger charge is 2.37. The van der Waals surface area contributed by atoms with Crippen LogP contribution >= 0.6 is 0 Å². The number of carbonyl (C=O) groups is 2. The summed E-state index contributed by atoms with van der Waals surface area (Å²) >= 11 is 0. The van der Waals surface area contributed by atoms with Gasteiger partial charge in [-0.1, -0.05) is 29.8 Å². The van der Waals surface area contributed by atoms with E-state index in [1.165, 1.54) is 0 Å². The van der Waals surface area contributed by atoms with Crippen molar-refractivity contribution in [3.8, 4) is 0 Å². The highest BCUT2D eigenvalue weighted by Crippen LogP contribution is 2.29. The van der Waals surface area contributed by atoms with Gasteiger partial charge in [-0.2, -0.15) is 0 Å². The maximum Gasteiger partial charge on any atom is 0.228 e. The van der Waals surface area contributed by atoms with Crippen molar-refractivity contribution in [2.45, 2.75) is 31.2 Å². The van der Waals surface area contributed by atoms with E-state index in [2.05, 4.69) is 0 Å². The number of sulfone groups is 1. The number of hydrogen-bond donors (Lipinski definition) is 0. The summed E-state index contributed by atoms with van der Waals surface area (Å²) < 4.78 is 23.3. The Morgan fingerprint density at radius 2 is 1.69 bits per heavy atom. The molecule has 3 rings (SSSR count). The van der Waals surface area contributed by atoms with Crippen LogP contribution in [0.2, 0.25) is 0 Å². The second-order valence-corrected chi connectivity index (χ2v) is 9.72. The molecule has 0 aliphatic carbocycles. The molecule has 1 heterocycles. The fourth-order valence-electron chi connectivity index (χ4n) is 3.54. The fourth-order valence-corrected chi connectivity index (χ4v) is 4.17. The summed E-state index contributed by atoms with van der Waals surface area (Å²) in [6.07, 6.45) is 1.36. The van der Waals surface area contributed by atoms with Gasteiger partial charge in [0.05, 0.1) is 16.9 Å². The molecule has 1 aliphatic heterocycles. The number of anilines is 1. The molecule has 0 aromatic heterocycles. The van der Waals surface area contributed by atoms with Crippen molar-refractivity contribution in [1.29, 1.82) is 0 Å². The van der Waals surface area contributed by atoms with E-state index in [-0.39, 0.29) is 29.2 Å². The molecule has 6 nitrogen and oxygen atoms in total. The second-order valence-electron chi connectivity index (χ2n) is 7.71. The Kier molecular flexibility index (Phi) is 5.80. The number of amides is 2. The van der Waals surface area contributed by atoms with Crippen molar-refractivity contribution in [3.05, 3.63) is 59.7 Å². The van der Waals surface area contributed by atoms with E-state index in [9.17, 15) is 18.0 Å². The van der Waals surface area contributed by atoms with Gasteiger partial charge in [-0.3, -0.25) is 9.59 Å². The summed E-state index contributed by atoms with van der Waals surface area (Å²) in [4.78, 5) is 29.0. The zero-order chi connectivity index (χ0) is 21.3.